The number of hydrogen-bond acceptors (Lipinski definition) is 2. The van der Waals surface area contributed by atoms with E-state index in [1.165, 1.54) is 12.1 Å². The summed E-state index contributed by atoms with van der Waals surface area (Å²) < 4.78 is 15.7. The Bertz CT molecular complexity index is 1030. The van der Waals surface area contributed by atoms with Crippen LogP contribution in [0.3, 0.4) is 0 Å². The van der Waals surface area contributed by atoms with E-state index < -0.39 is 11.9 Å². The van der Waals surface area contributed by atoms with Crippen molar-refractivity contribution in [1.82, 2.24) is 9.55 Å². The van der Waals surface area contributed by atoms with Crippen molar-refractivity contribution in [3.63, 3.8) is 0 Å². The molecule has 1 N–H and O–H groups in total. The lowest BCUT2D eigenvalue weighted by Crippen LogP contribution is -2.26. The van der Waals surface area contributed by atoms with Gasteiger partial charge in [0.2, 0.25) is 0 Å². The summed E-state index contributed by atoms with van der Waals surface area (Å²) in [6.45, 7) is 0.515. The van der Waals surface area contributed by atoms with Crippen LogP contribution >= 0.6 is 11.6 Å². The van der Waals surface area contributed by atoms with E-state index in [4.69, 9.17) is 11.6 Å². The van der Waals surface area contributed by atoms with E-state index in [2.05, 4.69) is 4.98 Å². The zero-order valence-electron chi connectivity index (χ0n) is 14.5. The third kappa shape index (κ3) is 3.47. The van der Waals surface area contributed by atoms with Crippen molar-refractivity contribution < 1.29 is 14.3 Å². The van der Waals surface area contributed by atoms with Gasteiger partial charge in [-0.05, 0) is 42.7 Å². The Kier molecular flexibility index (Phi) is 4.70. The lowest BCUT2D eigenvalue weighted by molar-refractivity contribution is -0.142. The first-order valence-electron chi connectivity index (χ1n) is 8.81. The largest absolute Gasteiger partial charge is 0.481 e. The van der Waals surface area contributed by atoms with E-state index in [1.807, 2.05) is 41.0 Å². The minimum Gasteiger partial charge on any atom is -0.481 e. The number of fused-ring (bicyclic) bond motifs is 1. The van der Waals surface area contributed by atoms with E-state index >= 15 is 0 Å². The van der Waals surface area contributed by atoms with Crippen LogP contribution in [0, 0.1) is 11.7 Å². The fraction of sp³-hybridized carbons (Fsp3) is 0.238. The Labute approximate surface area is 160 Å². The van der Waals surface area contributed by atoms with E-state index in [-0.39, 0.29) is 11.7 Å². The molecule has 0 amide bonds. The maximum absolute atomic E-state index is 13.7. The molecular weight excluding hydrogens is 367 g/mol. The van der Waals surface area contributed by atoms with Gasteiger partial charge in [0.15, 0.2) is 0 Å². The number of aliphatic carboxylic acids is 1. The molecular formula is C21H18ClFN2O2. The summed E-state index contributed by atoms with van der Waals surface area (Å²) in [6.07, 6.45) is 4.97. The average Bonchev–Trinajstić information content (AvgIpc) is 3.01. The molecule has 27 heavy (non-hydrogen) atoms. The van der Waals surface area contributed by atoms with Gasteiger partial charge in [-0.2, -0.15) is 0 Å². The van der Waals surface area contributed by atoms with Crippen LogP contribution in [-0.4, -0.2) is 20.6 Å². The maximum Gasteiger partial charge on any atom is 0.307 e. The van der Waals surface area contributed by atoms with Crippen LogP contribution in [0.1, 0.15) is 30.1 Å². The second kappa shape index (κ2) is 7.16. The van der Waals surface area contributed by atoms with Gasteiger partial charge < -0.3 is 9.67 Å². The quantitative estimate of drug-likeness (QED) is 0.643. The minimum absolute atomic E-state index is 0.254. The third-order valence-corrected chi connectivity index (χ3v) is 5.33. The van der Waals surface area contributed by atoms with E-state index in [9.17, 15) is 14.3 Å². The van der Waals surface area contributed by atoms with E-state index in [0.717, 1.165) is 11.1 Å². The van der Waals surface area contributed by atoms with Gasteiger partial charge in [0.1, 0.15) is 11.6 Å². The molecule has 0 unspecified atom stereocenters. The number of rotatable bonds is 4. The molecule has 0 radical (unpaired) electrons. The van der Waals surface area contributed by atoms with Crippen molar-refractivity contribution in [2.75, 3.05) is 0 Å². The van der Waals surface area contributed by atoms with Crippen molar-refractivity contribution in [3.8, 4) is 0 Å². The predicted octanol–water partition coefficient (Wildman–Crippen LogP) is 5.01. The molecule has 0 aliphatic heterocycles. The SMILES string of the molecule is O=C(O)[C@@H]1CC=CC[C@@H]1c1nc2cc(F)ccc2n1Cc1ccc(Cl)cc1. The van der Waals surface area contributed by atoms with Crippen molar-refractivity contribution in [2.45, 2.75) is 25.3 Å². The number of nitrogens with zero attached hydrogens (tertiary/aromatic N) is 2. The molecule has 1 aromatic heterocycles. The number of imidazole rings is 1. The smallest absolute Gasteiger partial charge is 0.307 e. The van der Waals surface area contributed by atoms with Gasteiger partial charge in [0.05, 0.1) is 17.0 Å². The molecule has 0 bridgehead atoms. The van der Waals surface area contributed by atoms with Gasteiger partial charge in [-0.25, -0.2) is 9.37 Å². The number of carbonyl (C=O) groups is 1. The van der Waals surface area contributed by atoms with Gasteiger partial charge in [-0.1, -0.05) is 35.9 Å². The molecule has 0 spiro atoms. The number of carboxylic acids is 1. The number of halogens is 2. The van der Waals surface area contributed by atoms with Crippen LogP contribution in [0.2, 0.25) is 5.02 Å². The lowest BCUT2D eigenvalue weighted by atomic mass is 9.82. The molecule has 0 saturated carbocycles. The summed E-state index contributed by atoms with van der Waals surface area (Å²) in [5.41, 5.74) is 2.35. The van der Waals surface area contributed by atoms with Gasteiger partial charge in [-0.3, -0.25) is 4.79 Å². The molecule has 4 rings (SSSR count). The Hall–Kier alpha value is -2.66. The molecule has 1 aliphatic carbocycles. The number of carboxylic acid groups (broad SMARTS) is 1. The van der Waals surface area contributed by atoms with Crippen molar-refractivity contribution in [2.24, 2.45) is 5.92 Å². The highest BCUT2D eigenvalue weighted by atomic mass is 35.5. The molecule has 138 valence electrons. The Morgan fingerprint density at radius 2 is 1.93 bits per heavy atom. The second-order valence-corrected chi connectivity index (χ2v) is 7.25. The summed E-state index contributed by atoms with van der Waals surface area (Å²) >= 11 is 5.98. The Morgan fingerprint density at radius 1 is 1.19 bits per heavy atom. The summed E-state index contributed by atoms with van der Waals surface area (Å²) in [5, 5.41) is 10.3. The molecule has 4 nitrogen and oxygen atoms in total. The topological polar surface area (TPSA) is 55.1 Å². The first kappa shape index (κ1) is 17.7. The fourth-order valence-corrected chi connectivity index (χ4v) is 3.84. The van der Waals surface area contributed by atoms with Crippen LogP contribution in [0.15, 0.2) is 54.6 Å². The van der Waals surface area contributed by atoms with E-state index in [1.54, 1.807) is 6.07 Å². The first-order valence-corrected chi connectivity index (χ1v) is 9.18. The minimum atomic E-state index is -0.833. The van der Waals surface area contributed by atoms with Crippen LogP contribution in [0.4, 0.5) is 4.39 Å². The number of allylic oxidation sites excluding steroid dienone is 2. The van der Waals surface area contributed by atoms with Crippen molar-refractivity contribution >= 4 is 28.6 Å². The van der Waals surface area contributed by atoms with Gasteiger partial charge >= 0.3 is 5.97 Å². The molecule has 0 saturated heterocycles. The molecule has 0 fully saturated rings. The molecule has 2 atom stereocenters. The van der Waals surface area contributed by atoms with Crippen LogP contribution in [0.25, 0.3) is 11.0 Å². The van der Waals surface area contributed by atoms with Crippen molar-refractivity contribution in [1.29, 1.82) is 0 Å². The maximum atomic E-state index is 13.7. The van der Waals surface area contributed by atoms with Gasteiger partial charge in [0, 0.05) is 23.6 Å². The van der Waals surface area contributed by atoms with Crippen molar-refractivity contribution in [3.05, 3.63) is 76.8 Å². The zero-order valence-corrected chi connectivity index (χ0v) is 15.2. The predicted molar refractivity (Wildman–Crippen MR) is 102 cm³/mol. The Balaban J connectivity index is 1.84. The normalized spacial score (nSPS) is 19.5. The zero-order chi connectivity index (χ0) is 19.0. The Morgan fingerprint density at radius 3 is 2.67 bits per heavy atom. The van der Waals surface area contributed by atoms with Gasteiger partial charge in [-0.15, -0.1) is 0 Å². The molecule has 1 heterocycles. The first-order chi connectivity index (χ1) is 13.0. The highest BCUT2D eigenvalue weighted by molar-refractivity contribution is 6.30. The summed E-state index contributed by atoms with van der Waals surface area (Å²) in [6, 6.07) is 12.0. The monoisotopic (exact) mass is 384 g/mol. The lowest BCUT2D eigenvalue weighted by Gasteiger charge is -2.25. The second-order valence-electron chi connectivity index (χ2n) is 6.81. The highest BCUT2D eigenvalue weighted by Gasteiger charge is 2.33. The standard InChI is InChI=1S/C21H18ClFN2O2/c22-14-7-5-13(6-8-14)12-25-19-10-9-15(23)11-18(19)24-20(25)16-3-1-2-4-17(16)21(26)27/h1-2,5-11,16-17H,3-4,12H2,(H,26,27)/t16-,17+/m0/s1. The molecule has 1 aliphatic rings. The highest BCUT2D eigenvalue weighted by Crippen LogP contribution is 2.36. The van der Waals surface area contributed by atoms with Crippen LogP contribution < -0.4 is 0 Å². The average molecular weight is 385 g/mol. The molecule has 6 heteroatoms. The number of hydrogen-bond donors (Lipinski definition) is 1. The van der Waals surface area contributed by atoms with Crippen LogP contribution in [-0.2, 0) is 11.3 Å². The number of aromatic nitrogens is 2. The molecule has 3 aromatic rings. The summed E-state index contributed by atoms with van der Waals surface area (Å²) in [5.74, 6) is -1.30. The molecule has 2 aromatic carbocycles. The van der Waals surface area contributed by atoms with Crippen LogP contribution in [0.5, 0.6) is 0 Å². The fourth-order valence-electron chi connectivity index (χ4n) is 3.72. The summed E-state index contributed by atoms with van der Waals surface area (Å²) in [7, 11) is 0. The van der Waals surface area contributed by atoms with E-state index in [0.29, 0.717) is 35.8 Å². The summed E-state index contributed by atoms with van der Waals surface area (Å²) in [4.78, 5) is 16.4. The van der Waals surface area contributed by atoms with Gasteiger partial charge in [0.25, 0.3) is 0 Å². The third-order valence-electron chi connectivity index (χ3n) is 5.07. The number of benzene rings is 2.